The van der Waals surface area contributed by atoms with E-state index in [1.165, 1.54) is 0 Å². The summed E-state index contributed by atoms with van der Waals surface area (Å²) in [6, 6.07) is 3.76. The highest BCUT2D eigenvalue weighted by Gasteiger charge is 2.26. The van der Waals surface area contributed by atoms with Crippen molar-refractivity contribution < 1.29 is 14.3 Å². The van der Waals surface area contributed by atoms with Gasteiger partial charge in [-0.2, -0.15) is 0 Å². The Morgan fingerprint density at radius 1 is 1.33 bits per heavy atom. The summed E-state index contributed by atoms with van der Waals surface area (Å²) in [5.74, 6) is 1.26. The molecule has 0 bridgehead atoms. The van der Waals surface area contributed by atoms with Crippen LogP contribution in [0, 0.1) is 13.8 Å². The first kappa shape index (κ1) is 10.3. The highest BCUT2D eigenvalue weighted by Crippen LogP contribution is 2.34. The Morgan fingerprint density at radius 3 is 2.53 bits per heavy atom. The fraction of sp³-hybridized carbons (Fsp3) is 0.364. The number of hydrogen-bond donors (Lipinski definition) is 0. The van der Waals surface area contributed by atoms with E-state index in [1.54, 1.807) is 0 Å². The SMILES string of the molecule is Cc1cc2c(cc1C)OC(C(=O)Cl)CO2. The Bertz CT molecular complexity index is 415. The van der Waals surface area contributed by atoms with Gasteiger partial charge in [-0.1, -0.05) is 0 Å². The molecule has 0 fully saturated rings. The summed E-state index contributed by atoms with van der Waals surface area (Å²) in [5, 5.41) is -0.529. The summed E-state index contributed by atoms with van der Waals surface area (Å²) >= 11 is 5.35. The van der Waals surface area contributed by atoms with Crippen molar-refractivity contribution in [3.05, 3.63) is 23.3 Å². The zero-order valence-corrected chi connectivity index (χ0v) is 9.30. The molecule has 0 amide bonds. The number of aryl methyl sites for hydroxylation is 2. The number of benzene rings is 1. The minimum atomic E-state index is -0.693. The number of ether oxygens (including phenoxy) is 2. The third kappa shape index (κ3) is 1.92. The van der Waals surface area contributed by atoms with Crippen LogP contribution in [0.3, 0.4) is 0 Å². The number of carbonyl (C=O) groups is 1. The molecule has 0 aliphatic carbocycles. The van der Waals surface area contributed by atoms with E-state index in [4.69, 9.17) is 21.1 Å². The van der Waals surface area contributed by atoms with E-state index in [0.717, 1.165) is 11.1 Å². The predicted octanol–water partition coefficient (Wildman–Crippen LogP) is 2.21. The summed E-state index contributed by atoms with van der Waals surface area (Å²) < 4.78 is 10.8. The molecule has 1 aromatic carbocycles. The van der Waals surface area contributed by atoms with Gasteiger partial charge in [0.15, 0.2) is 11.5 Å². The van der Waals surface area contributed by atoms with Crippen molar-refractivity contribution in [1.29, 1.82) is 0 Å². The van der Waals surface area contributed by atoms with Gasteiger partial charge in [0, 0.05) is 0 Å². The van der Waals surface area contributed by atoms with Crippen molar-refractivity contribution in [2.24, 2.45) is 0 Å². The van der Waals surface area contributed by atoms with E-state index in [0.29, 0.717) is 11.5 Å². The van der Waals surface area contributed by atoms with Crippen LogP contribution in [0.1, 0.15) is 11.1 Å². The Kier molecular flexibility index (Phi) is 2.57. The Labute approximate surface area is 92.9 Å². The third-order valence-corrected chi connectivity index (χ3v) is 2.72. The lowest BCUT2D eigenvalue weighted by molar-refractivity contribution is -0.120. The molecule has 0 N–H and O–H groups in total. The van der Waals surface area contributed by atoms with Crippen LogP contribution in [0.15, 0.2) is 12.1 Å². The summed E-state index contributed by atoms with van der Waals surface area (Å²) in [7, 11) is 0. The third-order valence-electron chi connectivity index (χ3n) is 2.47. The topological polar surface area (TPSA) is 35.5 Å². The molecule has 15 heavy (non-hydrogen) atoms. The van der Waals surface area contributed by atoms with E-state index in [2.05, 4.69) is 0 Å². The lowest BCUT2D eigenvalue weighted by Gasteiger charge is -2.24. The van der Waals surface area contributed by atoms with E-state index < -0.39 is 11.3 Å². The zero-order chi connectivity index (χ0) is 11.0. The van der Waals surface area contributed by atoms with Gasteiger partial charge in [0.25, 0.3) is 5.24 Å². The first-order valence-electron chi connectivity index (χ1n) is 4.68. The van der Waals surface area contributed by atoms with Crippen LogP contribution in [0.4, 0.5) is 0 Å². The summed E-state index contributed by atoms with van der Waals surface area (Å²) in [6.45, 7) is 4.15. The average molecular weight is 227 g/mol. The van der Waals surface area contributed by atoms with Crippen molar-refractivity contribution in [2.45, 2.75) is 20.0 Å². The Balaban J connectivity index is 2.34. The zero-order valence-electron chi connectivity index (χ0n) is 8.54. The van der Waals surface area contributed by atoms with Crippen LogP contribution in [0.5, 0.6) is 11.5 Å². The lowest BCUT2D eigenvalue weighted by atomic mass is 10.1. The molecule has 2 rings (SSSR count). The molecule has 3 nitrogen and oxygen atoms in total. The molecule has 1 aliphatic rings. The van der Waals surface area contributed by atoms with Gasteiger partial charge in [-0.15, -0.1) is 0 Å². The largest absolute Gasteiger partial charge is 0.485 e. The van der Waals surface area contributed by atoms with Gasteiger partial charge in [0.05, 0.1) is 0 Å². The van der Waals surface area contributed by atoms with Crippen molar-refractivity contribution in [2.75, 3.05) is 6.61 Å². The molecule has 4 heteroatoms. The van der Waals surface area contributed by atoms with Crippen LogP contribution in [-0.2, 0) is 4.79 Å². The smallest absolute Gasteiger partial charge is 0.265 e. The molecular weight excluding hydrogens is 216 g/mol. The number of hydrogen-bond acceptors (Lipinski definition) is 3. The van der Waals surface area contributed by atoms with E-state index in [-0.39, 0.29) is 6.61 Å². The molecule has 1 atom stereocenters. The van der Waals surface area contributed by atoms with Crippen molar-refractivity contribution in [3.63, 3.8) is 0 Å². The highest BCUT2D eigenvalue weighted by molar-refractivity contribution is 6.64. The first-order valence-corrected chi connectivity index (χ1v) is 5.06. The van der Waals surface area contributed by atoms with Gasteiger partial charge in [-0.25, -0.2) is 0 Å². The number of fused-ring (bicyclic) bond motifs is 1. The number of rotatable bonds is 1. The first-order chi connectivity index (χ1) is 7.08. The normalized spacial score (nSPS) is 18.7. The molecule has 0 spiro atoms. The fourth-order valence-electron chi connectivity index (χ4n) is 1.43. The molecule has 1 unspecified atom stereocenters. The Hall–Kier alpha value is -1.22. The molecule has 80 valence electrons. The number of carbonyl (C=O) groups excluding carboxylic acids is 1. The van der Waals surface area contributed by atoms with Crippen LogP contribution in [0.25, 0.3) is 0 Å². The maximum atomic E-state index is 10.9. The van der Waals surface area contributed by atoms with Crippen molar-refractivity contribution in [3.8, 4) is 11.5 Å². The van der Waals surface area contributed by atoms with Gasteiger partial charge in [-0.3, -0.25) is 4.79 Å². The predicted molar refractivity (Wildman–Crippen MR) is 56.7 cm³/mol. The van der Waals surface area contributed by atoms with E-state index in [9.17, 15) is 4.79 Å². The molecule has 0 aromatic heterocycles. The quantitative estimate of drug-likeness (QED) is 0.689. The highest BCUT2D eigenvalue weighted by atomic mass is 35.5. The lowest BCUT2D eigenvalue weighted by Crippen LogP contribution is -2.34. The second-order valence-corrected chi connectivity index (χ2v) is 3.98. The van der Waals surface area contributed by atoms with Crippen molar-refractivity contribution in [1.82, 2.24) is 0 Å². The number of halogens is 1. The molecule has 0 saturated carbocycles. The molecule has 1 heterocycles. The monoisotopic (exact) mass is 226 g/mol. The second-order valence-electron chi connectivity index (χ2n) is 3.60. The minimum Gasteiger partial charge on any atom is -0.485 e. The molecule has 1 aromatic rings. The molecule has 0 saturated heterocycles. The second kappa shape index (κ2) is 3.74. The summed E-state index contributed by atoms with van der Waals surface area (Å²) in [4.78, 5) is 10.9. The van der Waals surface area contributed by atoms with Gasteiger partial charge in [-0.05, 0) is 48.7 Å². The summed E-state index contributed by atoms with van der Waals surface area (Å²) in [6.07, 6.45) is -0.693. The Morgan fingerprint density at radius 2 is 1.93 bits per heavy atom. The van der Waals surface area contributed by atoms with Crippen LogP contribution < -0.4 is 9.47 Å². The molecule has 1 aliphatic heterocycles. The van der Waals surface area contributed by atoms with Crippen LogP contribution in [0.2, 0.25) is 0 Å². The maximum Gasteiger partial charge on any atom is 0.265 e. The van der Waals surface area contributed by atoms with Crippen molar-refractivity contribution >= 4 is 16.8 Å². The van der Waals surface area contributed by atoms with Gasteiger partial charge >= 0.3 is 0 Å². The van der Waals surface area contributed by atoms with Gasteiger partial charge < -0.3 is 9.47 Å². The maximum absolute atomic E-state index is 10.9. The van der Waals surface area contributed by atoms with E-state index >= 15 is 0 Å². The minimum absolute atomic E-state index is 0.178. The van der Waals surface area contributed by atoms with Crippen LogP contribution in [-0.4, -0.2) is 18.0 Å². The summed E-state index contributed by atoms with van der Waals surface area (Å²) in [5.41, 5.74) is 2.23. The molecular formula is C11H11ClO3. The van der Waals surface area contributed by atoms with Gasteiger partial charge in [0.2, 0.25) is 6.10 Å². The average Bonchev–Trinajstić information content (AvgIpc) is 2.19. The molecule has 0 radical (unpaired) electrons. The van der Waals surface area contributed by atoms with Gasteiger partial charge in [0.1, 0.15) is 6.61 Å². The van der Waals surface area contributed by atoms with Crippen LogP contribution >= 0.6 is 11.6 Å². The van der Waals surface area contributed by atoms with E-state index in [1.807, 2.05) is 26.0 Å². The fourth-order valence-corrected chi connectivity index (χ4v) is 1.54. The standard InChI is InChI=1S/C11H11ClO3/c1-6-3-8-9(4-7(6)2)15-10(5-14-8)11(12)13/h3-4,10H,5H2,1-2H3.